The number of aromatic nitrogens is 4. The number of carboxylic acid groups (broad SMARTS) is 1. The Labute approximate surface area is 223 Å². The molecule has 210 valence electrons. The third-order valence-corrected chi connectivity index (χ3v) is 6.12. The molecule has 0 unspecified atom stereocenters. The molecular formula is C26H31F3N6O4. The maximum Gasteiger partial charge on any atom is 0.393 e. The molecule has 0 radical (unpaired) electrons. The zero-order chi connectivity index (χ0) is 28.7. The van der Waals surface area contributed by atoms with E-state index in [1.807, 2.05) is 20.8 Å². The molecule has 39 heavy (non-hydrogen) atoms. The molecule has 1 aromatic carbocycles. The van der Waals surface area contributed by atoms with E-state index in [0.717, 1.165) is 6.20 Å². The summed E-state index contributed by atoms with van der Waals surface area (Å²) < 4.78 is 46.3. The SMILES string of the molecule is CCN(CC)c1ncc(CC(F)(F)F)c(N[C@@H](Cc2ccc(-c3c(OC)ncn(CC)c3=O)cc2)C(=O)O)n1. The number of nitrogens with one attached hydrogen (secondary N) is 1. The van der Waals surface area contributed by atoms with Crippen molar-refractivity contribution in [3.05, 3.63) is 58.3 Å². The highest BCUT2D eigenvalue weighted by Crippen LogP contribution is 2.28. The molecule has 2 heterocycles. The van der Waals surface area contributed by atoms with E-state index in [2.05, 4.69) is 20.3 Å². The predicted octanol–water partition coefficient (Wildman–Crippen LogP) is 3.79. The molecule has 1 atom stereocenters. The van der Waals surface area contributed by atoms with Crippen molar-refractivity contribution in [2.24, 2.45) is 0 Å². The first-order valence-corrected chi connectivity index (χ1v) is 12.4. The Morgan fingerprint density at radius 1 is 1.15 bits per heavy atom. The Morgan fingerprint density at radius 3 is 2.36 bits per heavy atom. The summed E-state index contributed by atoms with van der Waals surface area (Å²) in [5, 5.41) is 12.6. The lowest BCUT2D eigenvalue weighted by Crippen LogP contribution is -2.33. The molecule has 0 bridgehead atoms. The van der Waals surface area contributed by atoms with Crippen molar-refractivity contribution in [2.45, 2.75) is 52.4 Å². The second-order valence-corrected chi connectivity index (χ2v) is 8.66. The second-order valence-electron chi connectivity index (χ2n) is 8.66. The number of benzene rings is 1. The van der Waals surface area contributed by atoms with Gasteiger partial charge in [0.05, 0.1) is 13.5 Å². The molecule has 2 aromatic heterocycles. The van der Waals surface area contributed by atoms with Crippen LogP contribution in [0.1, 0.15) is 31.9 Å². The number of carbonyl (C=O) groups is 1. The molecular weight excluding hydrogens is 517 g/mol. The van der Waals surface area contributed by atoms with Gasteiger partial charge in [-0.3, -0.25) is 9.36 Å². The van der Waals surface area contributed by atoms with Crippen molar-refractivity contribution in [1.29, 1.82) is 0 Å². The third-order valence-electron chi connectivity index (χ3n) is 6.12. The maximum atomic E-state index is 13.2. The van der Waals surface area contributed by atoms with E-state index in [1.165, 1.54) is 18.0 Å². The lowest BCUT2D eigenvalue weighted by Gasteiger charge is -2.22. The van der Waals surface area contributed by atoms with Crippen molar-refractivity contribution < 1.29 is 27.8 Å². The fourth-order valence-corrected chi connectivity index (χ4v) is 4.04. The van der Waals surface area contributed by atoms with Gasteiger partial charge in [0, 0.05) is 37.8 Å². The van der Waals surface area contributed by atoms with Crippen molar-refractivity contribution in [3.63, 3.8) is 0 Å². The lowest BCUT2D eigenvalue weighted by atomic mass is 10.0. The van der Waals surface area contributed by atoms with Crippen LogP contribution in [-0.4, -0.2) is 63.0 Å². The normalized spacial score (nSPS) is 12.2. The van der Waals surface area contributed by atoms with Crippen molar-refractivity contribution >= 4 is 17.7 Å². The molecule has 10 nitrogen and oxygen atoms in total. The van der Waals surface area contributed by atoms with Gasteiger partial charge in [0.1, 0.15) is 23.8 Å². The maximum absolute atomic E-state index is 13.2. The summed E-state index contributed by atoms with van der Waals surface area (Å²) >= 11 is 0. The number of ether oxygens (including phenoxy) is 1. The number of alkyl halides is 3. The van der Waals surface area contributed by atoms with Gasteiger partial charge in [-0.15, -0.1) is 0 Å². The molecule has 0 fully saturated rings. The molecule has 0 aliphatic rings. The first-order valence-electron chi connectivity index (χ1n) is 12.4. The van der Waals surface area contributed by atoms with E-state index in [0.29, 0.717) is 30.8 Å². The number of nitrogens with zero attached hydrogens (tertiary/aromatic N) is 5. The Morgan fingerprint density at radius 2 is 1.82 bits per heavy atom. The van der Waals surface area contributed by atoms with Gasteiger partial charge in [-0.25, -0.2) is 14.8 Å². The number of aliphatic carboxylic acids is 1. The molecule has 0 aliphatic heterocycles. The van der Waals surface area contributed by atoms with Crippen LogP contribution < -0.4 is 20.5 Å². The minimum Gasteiger partial charge on any atom is -0.480 e. The van der Waals surface area contributed by atoms with Gasteiger partial charge in [-0.2, -0.15) is 18.2 Å². The summed E-state index contributed by atoms with van der Waals surface area (Å²) in [5.74, 6) is -1.09. The van der Waals surface area contributed by atoms with Gasteiger partial charge in [0.25, 0.3) is 5.56 Å². The molecule has 0 spiro atoms. The second kappa shape index (κ2) is 12.6. The first-order chi connectivity index (χ1) is 18.5. The van der Waals surface area contributed by atoms with E-state index in [1.54, 1.807) is 29.2 Å². The van der Waals surface area contributed by atoms with E-state index >= 15 is 0 Å². The van der Waals surface area contributed by atoms with E-state index in [4.69, 9.17) is 4.74 Å². The largest absolute Gasteiger partial charge is 0.480 e. The number of aryl methyl sites for hydroxylation is 1. The minimum atomic E-state index is -4.53. The van der Waals surface area contributed by atoms with Crippen LogP contribution in [0.3, 0.4) is 0 Å². The first kappa shape index (κ1) is 29.4. The van der Waals surface area contributed by atoms with Crippen LogP contribution in [-0.2, 0) is 24.2 Å². The highest BCUT2D eigenvalue weighted by Gasteiger charge is 2.31. The summed E-state index contributed by atoms with van der Waals surface area (Å²) in [6, 6.07) is 5.30. The minimum absolute atomic E-state index is 0.0605. The number of anilines is 2. The average Bonchev–Trinajstić information content (AvgIpc) is 2.89. The zero-order valence-corrected chi connectivity index (χ0v) is 22.1. The molecule has 3 aromatic rings. The summed E-state index contributed by atoms with van der Waals surface area (Å²) in [4.78, 5) is 39.2. The Bertz CT molecular complexity index is 1340. The number of hydrogen-bond acceptors (Lipinski definition) is 8. The quantitative estimate of drug-likeness (QED) is 0.348. The third kappa shape index (κ3) is 7.24. The summed E-state index contributed by atoms with van der Waals surface area (Å²) in [5.41, 5.74) is 0.835. The van der Waals surface area contributed by atoms with Gasteiger partial charge in [-0.1, -0.05) is 24.3 Å². The molecule has 0 amide bonds. The number of rotatable bonds is 12. The number of hydrogen-bond donors (Lipinski definition) is 2. The van der Waals surface area contributed by atoms with E-state index in [9.17, 15) is 27.9 Å². The monoisotopic (exact) mass is 548 g/mol. The molecule has 3 rings (SSSR count). The van der Waals surface area contributed by atoms with Gasteiger partial charge in [0.15, 0.2) is 0 Å². The predicted molar refractivity (Wildman–Crippen MR) is 140 cm³/mol. The van der Waals surface area contributed by atoms with Crippen LogP contribution in [0.2, 0.25) is 0 Å². The Kier molecular flexibility index (Phi) is 9.49. The molecule has 2 N–H and O–H groups in total. The topological polar surface area (TPSA) is 122 Å². The zero-order valence-electron chi connectivity index (χ0n) is 22.1. The molecule has 13 heteroatoms. The van der Waals surface area contributed by atoms with Crippen LogP contribution in [0.25, 0.3) is 11.1 Å². The fraction of sp³-hybridized carbons (Fsp3) is 0.423. The van der Waals surface area contributed by atoms with Gasteiger partial charge >= 0.3 is 12.1 Å². The molecule has 0 aliphatic carbocycles. The standard InChI is InChI=1S/C26H31F3N6O4/c1-5-34(6-2)25-30-14-18(13-26(27,28)29)21(33-25)32-19(24(37)38)12-16-8-10-17(11-9-16)20-22(39-4)31-15-35(7-3)23(20)36/h8-11,14-15,19H,5-7,12-13H2,1-4H3,(H,37,38)(H,30,32,33)/t19-/m0/s1. The van der Waals surface area contributed by atoms with Crippen molar-refractivity contribution in [3.8, 4) is 17.0 Å². The average molecular weight is 549 g/mol. The number of halogens is 3. The van der Waals surface area contributed by atoms with E-state index in [-0.39, 0.29) is 40.8 Å². The Balaban J connectivity index is 1.92. The van der Waals surface area contributed by atoms with Gasteiger partial charge in [-0.05, 0) is 31.9 Å². The number of methoxy groups -OCH3 is 1. The van der Waals surface area contributed by atoms with Gasteiger partial charge < -0.3 is 20.1 Å². The van der Waals surface area contributed by atoms with Crippen LogP contribution in [0, 0.1) is 0 Å². The van der Waals surface area contributed by atoms with Crippen molar-refractivity contribution in [1.82, 2.24) is 19.5 Å². The highest BCUT2D eigenvalue weighted by molar-refractivity contribution is 5.78. The van der Waals surface area contributed by atoms with Gasteiger partial charge in [0.2, 0.25) is 11.8 Å². The van der Waals surface area contributed by atoms with Crippen LogP contribution in [0.4, 0.5) is 24.9 Å². The lowest BCUT2D eigenvalue weighted by molar-refractivity contribution is -0.137. The van der Waals surface area contributed by atoms with Crippen LogP contribution >= 0.6 is 0 Å². The molecule has 0 saturated heterocycles. The van der Waals surface area contributed by atoms with Crippen molar-refractivity contribution in [2.75, 3.05) is 30.4 Å². The highest BCUT2D eigenvalue weighted by atomic mass is 19.4. The summed E-state index contributed by atoms with van der Waals surface area (Å²) in [6.07, 6.45) is -3.43. The van der Waals surface area contributed by atoms with E-state index < -0.39 is 24.6 Å². The van der Waals surface area contributed by atoms with Crippen LogP contribution in [0.15, 0.2) is 41.6 Å². The summed E-state index contributed by atoms with van der Waals surface area (Å²) in [7, 11) is 1.41. The molecule has 0 saturated carbocycles. The smallest absolute Gasteiger partial charge is 0.393 e. The fourth-order valence-electron chi connectivity index (χ4n) is 4.04. The summed E-state index contributed by atoms with van der Waals surface area (Å²) in [6.45, 7) is 6.98. The van der Waals surface area contributed by atoms with Crippen LogP contribution in [0.5, 0.6) is 5.88 Å². The Hall–Kier alpha value is -4.16. The number of carboxylic acids is 1.